The standard InChI is InChI=1S/C13H21N3/c14-9-10-7-12-11(3-4-15-12)13(8-10)16-5-1-2-6-16/h3-4,10,13,15H,1-2,5-9,14H2. The predicted octanol–water partition coefficient (Wildman–Crippen LogP) is 1.67. The molecule has 2 unspecified atom stereocenters. The SMILES string of the molecule is NCC1Cc2[nH]ccc2C(N2CCCC2)C1. The van der Waals surface area contributed by atoms with Crippen molar-refractivity contribution in [3.05, 3.63) is 23.5 Å². The topological polar surface area (TPSA) is 45.1 Å². The molecule has 3 rings (SSSR count). The summed E-state index contributed by atoms with van der Waals surface area (Å²) < 4.78 is 0. The molecule has 1 aromatic heterocycles. The van der Waals surface area contributed by atoms with Crippen LogP contribution in [-0.2, 0) is 6.42 Å². The Bertz CT molecular complexity index is 352. The number of nitrogens with zero attached hydrogens (tertiary/aromatic N) is 1. The fraction of sp³-hybridized carbons (Fsp3) is 0.692. The molecule has 3 N–H and O–H groups in total. The van der Waals surface area contributed by atoms with E-state index < -0.39 is 0 Å². The lowest BCUT2D eigenvalue weighted by atomic mass is 9.83. The Kier molecular flexibility index (Phi) is 2.74. The van der Waals surface area contributed by atoms with Gasteiger partial charge in [-0.05, 0) is 62.9 Å². The van der Waals surface area contributed by atoms with E-state index >= 15 is 0 Å². The lowest BCUT2D eigenvalue weighted by Gasteiger charge is -2.35. The highest BCUT2D eigenvalue weighted by Gasteiger charge is 2.32. The number of aromatic nitrogens is 1. The molecular weight excluding hydrogens is 198 g/mol. The molecule has 2 atom stereocenters. The van der Waals surface area contributed by atoms with Crippen LogP contribution >= 0.6 is 0 Å². The van der Waals surface area contributed by atoms with Gasteiger partial charge in [0.15, 0.2) is 0 Å². The van der Waals surface area contributed by atoms with E-state index in [0.29, 0.717) is 12.0 Å². The summed E-state index contributed by atoms with van der Waals surface area (Å²) >= 11 is 0. The van der Waals surface area contributed by atoms with Gasteiger partial charge >= 0.3 is 0 Å². The van der Waals surface area contributed by atoms with Crippen LogP contribution in [0.5, 0.6) is 0 Å². The monoisotopic (exact) mass is 219 g/mol. The number of fused-ring (bicyclic) bond motifs is 1. The maximum absolute atomic E-state index is 5.86. The molecule has 16 heavy (non-hydrogen) atoms. The zero-order valence-electron chi connectivity index (χ0n) is 9.78. The van der Waals surface area contributed by atoms with Crippen LogP contribution < -0.4 is 5.73 Å². The van der Waals surface area contributed by atoms with E-state index in [0.717, 1.165) is 13.0 Å². The van der Waals surface area contributed by atoms with Crippen LogP contribution in [0.4, 0.5) is 0 Å². The highest BCUT2D eigenvalue weighted by Crippen LogP contribution is 2.37. The molecule has 1 fully saturated rings. The minimum atomic E-state index is 0.631. The van der Waals surface area contributed by atoms with Crippen molar-refractivity contribution in [3.63, 3.8) is 0 Å². The molecule has 0 amide bonds. The van der Waals surface area contributed by atoms with Crippen molar-refractivity contribution in [1.29, 1.82) is 0 Å². The quantitative estimate of drug-likeness (QED) is 0.795. The number of nitrogens with two attached hydrogens (primary N) is 1. The van der Waals surface area contributed by atoms with Gasteiger partial charge in [-0.25, -0.2) is 0 Å². The second kappa shape index (κ2) is 4.22. The third kappa shape index (κ3) is 1.68. The first-order valence-corrected chi connectivity index (χ1v) is 6.48. The molecule has 88 valence electrons. The largest absolute Gasteiger partial charge is 0.365 e. The van der Waals surface area contributed by atoms with Crippen LogP contribution in [0.15, 0.2) is 12.3 Å². The molecule has 3 heteroatoms. The van der Waals surface area contributed by atoms with Crippen molar-refractivity contribution < 1.29 is 0 Å². The van der Waals surface area contributed by atoms with E-state index in [9.17, 15) is 0 Å². The molecule has 1 aromatic rings. The van der Waals surface area contributed by atoms with Crippen molar-refractivity contribution in [2.75, 3.05) is 19.6 Å². The number of aromatic amines is 1. The molecule has 0 bridgehead atoms. The van der Waals surface area contributed by atoms with Gasteiger partial charge in [-0.3, -0.25) is 4.90 Å². The van der Waals surface area contributed by atoms with E-state index in [-0.39, 0.29) is 0 Å². The smallest absolute Gasteiger partial charge is 0.0369 e. The van der Waals surface area contributed by atoms with Crippen LogP contribution in [-0.4, -0.2) is 29.5 Å². The van der Waals surface area contributed by atoms with E-state index in [4.69, 9.17) is 5.73 Å². The maximum Gasteiger partial charge on any atom is 0.0369 e. The lowest BCUT2D eigenvalue weighted by Crippen LogP contribution is -2.33. The number of hydrogen-bond donors (Lipinski definition) is 2. The molecular formula is C13H21N3. The van der Waals surface area contributed by atoms with Gasteiger partial charge in [-0.1, -0.05) is 0 Å². The molecule has 2 heterocycles. The Morgan fingerprint density at radius 3 is 2.94 bits per heavy atom. The van der Waals surface area contributed by atoms with E-state index in [1.54, 1.807) is 0 Å². The summed E-state index contributed by atoms with van der Waals surface area (Å²) in [5, 5.41) is 0. The number of hydrogen-bond acceptors (Lipinski definition) is 2. The lowest BCUT2D eigenvalue weighted by molar-refractivity contribution is 0.195. The number of rotatable bonds is 2. The highest BCUT2D eigenvalue weighted by molar-refractivity contribution is 5.28. The van der Waals surface area contributed by atoms with Crippen LogP contribution in [0.2, 0.25) is 0 Å². The molecule has 0 saturated carbocycles. The second-order valence-corrected chi connectivity index (χ2v) is 5.21. The number of nitrogens with one attached hydrogen (secondary N) is 1. The van der Waals surface area contributed by atoms with Gasteiger partial charge in [0, 0.05) is 17.9 Å². The van der Waals surface area contributed by atoms with Crippen LogP contribution in [0.3, 0.4) is 0 Å². The van der Waals surface area contributed by atoms with Gasteiger partial charge in [0.05, 0.1) is 0 Å². The van der Waals surface area contributed by atoms with Gasteiger partial charge in [0.25, 0.3) is 0 Å². The summed E-state index contributed by atoms with van der Waals surface area (Å²) in [6.45, 7) is 3.36. The summed E-state index contributed by atoms with van der Waals surface area (Å²) in [5.41, 5.74) is 8.82. The van der Waals surface area contributed by atoms with Crippen molar-refractivity contribution >= 4 is 0 Å². The number of H-pyrrole nitrogens is 1. The fourth-order valence-corrected chi connectivity index (χ4v) is 3.30. The Morgan fingerprint density at radius 2 is 2.19 bits per heavy atom. The molecule has 3 nitrogen and oxygen atoms in total. The first-order valence-electron chi connectivity index (χ1n) is 6.48. The van der Waals surface area contributed by atoms with Crippen molar-refractivity contribution in [2.24, 2.45) is 11.7 Å². The van der Waals surface area contributed by atoms with E-state index in [2.05, 4.69) is 22.1 Å². The van der Waals surface area contributed by atoms with Gasteiger partial charge in [0.2, 0.25) is 0 Å². The minimum Gasteiger partial charge on any atom is -0.365 e. The normalized spacial score (nSPS) is 30.6. The second-order valence-electron chi connectivity index (χ2n) is 5.21. The average molecular weight is 219 g/mol. The maximum atomic E-state index is 5.86. The Balaban J connectivity index is 1.87. The van der Waals surface area contributed by atoms with Crippen LogP contribution in [0.1, 0.15) is 36.6 Å². The van der Waals surface area contributed by atoms with Crippen molar-refractivity contribution in [2.45, 2.75) is 31.7 Å². The number of likely N-dealkylation sites (tertiary alicyclic amines) is 1. The zero-order valence-corrected chi connectivity index (χ0v) is 9.78. The summed E-state index contributed by atoms with van der Waals surface area (Å²) in [6, 6.07) is 2.90. The summed E-state index contributed by atoms with van der Waals surface area (Å²) in [4.78, 5) is 6.04. The first kappa shape index (κ1) is 10.4. The molecule has 0 spiro atoms. The molecule has 1 aliphatic carbocycles. The summed E-state index contributed by atoms with van der Waals surface area (Å²) in [5.74, 6) is 0.664. The van der Waals surface area contributed by atoms with E-state index in [1.165, 1.54) is 43.6 Å². The summed E-state index contributed by atoms with van der Waals surface area (Å²) in [7, 11) is 0. The Labute approximate surface area is 97.0 Å². The minimum absolute atomic E-state index is 0.631. The predicted molar refractivity (Wildman–Crippen MR) is 65.2 cm³/mol. The molecule has 1 aliphatic heterocycles. The van der Waals surface area contributed by atoms with Gasteiger partial charge < -0.3 is 10.7 Å². The third-order valence-electron chi connectivity index (χ3n) is 4.19. The van der Waals surface area contributed by atoms with Gasteiger partial charge in [-0.2, -0.15) is 0 Å². The van der Waals surface area contributed by atoms with E-state index in [1.807, 2.05) is 0 Å². The molecule has 1 saturated heterocycles. The fourth-order valence-electron chi connectivity index (χ4n) is 3.30. The van der Waals surface area contributed by atoms with Crippen LogP contribution in [0.25, 0.3) is 0 Å². The van der Waals surface area contributed by atoms with Gasteiger partial charge in [-0.15, -0.1) is 0 Å². The van der Waals surface area contributed by atoms with Gasteiger partial charge in [0.1, 0.15) is 0 Å². The zero-order chi connectivity index (χ0) is 11.0. The Morgan fingerprint density at radius 1 is 1.38 bits per heavy atom. The van der Waals surface area contributed by atoms with Crippen LogP contribution in [0, 0.1) is 5.92 Å². The molecule has 2 aliphatic rings. The van der Waals surface area contributed by atoms with Crippen molar-refractivity contribution in [3.8, 4) is 0 Å². The van der Waals surface area contributed by atoms with Crippen molar-refractivity contribution in [1.82, 2.24) is 9.88 Å². The third-order valence-corrected chi connectivity index (χ3v) is 4.19. The highest BCUT2D eigenvalue weighted by atomic mass is 15.2. The summed E-state index contributed by atoms with van der Waals surface area (Å²) in [6.07, 6.45) is 7.21. The Hall–Kier alpha value is -0.800. The first-order chi connectivity index (χ1) is 7.88. The molecule has 0 aromatic carbocycles. The molecule has 0 radical (unpaired) electrons. The average Bonchev–Trinajstić information content (AvgIpc) is 2.98.